The molecule has 12 heavy (non-hydrogen) atoms. The minimum atomic E-state index is -1.46. The van der Waals surface area contributed by atoms with Crippen LogP contribution in [0.2, 0.25) is 0 Å². The lowest BCUT2D eigenvalue weighted by Crippen LogP contribution is -2.22. The van der Waals surface area contributed by atoms with Gasteiger partial charge in [0.05, 0.1) is 0 Å². The van der Waals surface area contributed by atoms with Gasteiger partial charge in [0, 0.05) is 14.2 Å². The van der Waals surface area contributed by atoms with E-state index in [1.807, 2.05) is 0 Å². The average molecular weight is 186 g/mol. The first-order valence-electron chi connectivity index (χ1n) is 4.45. The van der Waals surface area contributed by atoms with Gasteiger partial charge in [0.1, 0.15) is 0 Å². The van der Waals surface area contributed by atoms with E-state index in [1.165, 1.54) is 23.6 Å². The van der Waals surface area contributed by atoms with Crippen molar-refractivity contribution in [1.82, 2.24) is 0 Å². The van der Waals surface area contributed by atoms with Gasteiger partial charge in [0.15, 0.2) is 0 Å². The zero-order chi connectivity index (χ0) is 9.14. The Bertz CT molecular complexity index is 185. The minimum absolute atomic E-state index is 0.736. The van der Waals surface area contributed by atoms with Gasteiger partial charge in [-0.2, -0.15) is 0 Å². The molecule has 3 heteroatoms. The van der Waals surface area contributed by atoms with Crippen molar-refractivity contribution in [2.45, 2.75) is 26.7 Å². The third kappa shape index (κ3) is 1.79. The zero-order valence-corrected chi connectivity index (χ0v) is 9.54. The summed E-state index contributed by atoms with van der Waals surface area (Å²) in [6.45, 7) is 4.49. The second-order valence-corrected chi connectivity index (χ2v) is 5.75. The molecule has 0 aromatic rings. The van der Waals surface area contributed by atoms with E-state index in [2.05, 4.69) is 13.8 Å². The molecule has 1 aliphatic rings. The van der Waals surface area contributed by atoms with Crippen LogP contribution >= 0.6 is 0 Å². The van der Waals surface area contributed by atoms with Crippen molar-refractivity contribution in [3.05, 3.63) is 10.8 Å². The summed E-state index contributed by atoms with van der Waals surface area (Å²) >= 11 is 0. The van der Waals surface area contributed by atoms with Gasteiger partial charge in [-0.05, 0) is 30.9 Å². The van der Waals surface area contributed by atoms with Crippen LogP contribution in [0.1, 0.15) is 26.7 Å². The summed E-state index contributed by atoms with van der Waals surface area (Å²) in [5.74, 6) is 0.736. The molecule has 1 unspecified atom stereocenters. The van der Waals surface area contributed by atoms with Gasteiger partial charge in [-0.15, -0.1) is 0 Å². The van der Waals surface area contributed by atoms with E-state index in [-0.39, 0.29) is 0 Å². The molecule has 0 saturated heterocycles. The second-order valence-electron chi connectivity index (χ2n) is 3.45. The molecule has 0 fully saturated rings. The number of allylic oxidation sites excluding steroid dienone is 2. The van der Waals surface area contributed by atoms with Crippen LogP contribution in [-0.4, -0.2) is 23.5 Å². The van der Waals surface area contributed by atoms with E-state index in [4.69, 9.17) is 8.85 Å². The Kier molecular flexibility index (Phi) is 3.49. The standard InChI is InChI=1S/C9H18O2Si/c1-7-5-6-9(8(7)2)12(10-3)11-4/h7,12H,5-6H2,1-4H3. The third-order valence-corrected chi connectivity index (χ3v) is 4.97. The third-order valence-electron chi connectivity index (χ3n) is 2.81. The highest BCUT2D eigenvalue weighted by atomic mass is 28.3. The van der Waals surface area contributed by atoms with Gasteiger partial charge in [-0.1, -0.05) is 12.5 Å². The first-order valence-corrected chi connectivity index (χ1v) is 5.97. The Hall–Kier alpha value is -0.123. The molecular weight excluding hydrogens is 168 g/mol. The zero-order valence-electron chi connectivity index (χ0n) is 8.39. The fourth-order valence-electron chi connectivity index (χ4n) is 1.79. The second kappa shape index (κ2) is 4.21. The molecule has 0 aromatic carbocycles. The summed E-state index contributed by atoms with van der Waals surface area (Å²) in [5, 5.41) is 1.48. The Labute approximate surface area is 76.4 Å². The lowest BCUT2D eigenvalue weighted by Gasteiger charge is -2.13. The maximum atomic E-state index is 5.36. The number of hydrogen-bond donors (Lipinski definition) is 0. The van der Waals surface area contributed by atoms with E-state index >= 15 is 0 Å². The summed E-state index contributed by atoms with van der Waals surface area (Å²) in [5.41, 5.74) is 1.51. The lowest BCUT2D eigenvalue weighted by molar-refractivity contribution is 0.286. The molecule has 0 bridgehead atoms. The molecule has 0 N–H and O–H groups in total. The van der Waals surface area contributed by atoms with Crippen molar-refractivity contribution in [2.24, 2.45) is 5.92 Å². The van der Waals surface area contributed by atoms with Gasteiger partial charge in [0.2, 0.25) is 0 Å². The molecule has 1 aliphatic carbocycles. The Morgan fingerprint density at radius 3 is 2.25 bits per heavy atom. The van der Waals surface area contributed by atoms with Crippen LogP contribution in [0, 0.1) is 5.92 Å². The predicted octanol–water partition coefficient (Wildman–Crippen LogP) is 1.79. The molecule has 1 rings (SSSR count). The maximum Gasteiger partial charge on any atom is 0.351 e. The van der Waals surface area contributed by atoms with Crippen LogP contribution in [-0.2, 0) is 8.85 Å². The molecule has 0 amide bonds. The van der Waals surface area contributed by atoms with Crippen LogP contribution < -0.4 is 0 Å². The largest absolute Gasteiger partial charge is 0.397 e. The van der Waals surface area contributed by atoms with Gasteiger partial charge in [0.25, 0.3) is 0 Å². The number of hydrogen-bond acceptors (Lipinski definition) is 2. The van der Waals surface area contributed by atoms with Crippen LogP contribution in [0.3, 0.4) is 0 Å². The van der Waals surface area contributed by atoms with Crippen LogP contribution in [0.4, 0.5) is 0 Å². The summed E-state index contributed by atoms with van der Waals surface area (Å²) in [6.07, 6.45) is 2.46. The molecule has 0 heterocycles. The predicted molar refractivity (Wildman–Crippen MR) is 52.3 cm³/mol. The van der Waals surface area contributed by atoms with Crippen LogP contribution in [0.15, 0.2) is 10.8 Å². The fourth-order valence-corrected chi connectivity index (χ4v) is 3.61. The fraction of sp³-hybridized carbons (Fsp3) is 0.778. The van der Waals surface area contributed by atoms with E-state index in [0.717, 1.165) is 5.92 Å². The van der Waals surface area contributed by atoms with Crippen molar-refractivity contribution >= 4 is 9.28 Å². The van der Waals surface area contributed by atoms with Crippen LogP contribution in [0.25, 0.3) is 0 Å². The van der Waals surface area contributed by atoms with Crippen molar-refractivity contribution in [3.63, 3.8) is 0 Å². The Morgan fingerprint density at radius 1 is 1.33 bits per heavy atom. The van der Waals surface area contributed by atoms with Gasteiger partial charge < -0.3 is 8.85 Å². The van der Waals surface area contributed by atoms with Crippen molar-refractivity contribution in [2.75, 3.05) is 14.2 Å². The molecule has 0 radical (unpaired) electrons. The van der Waals surface area contributed by atoms with E-state index in [0.29, 0.717) is 0 Å². The Morgan fingerprint density at radius 2 is 1.92 bits per heavy atom. The highest BCUT2D eigenvalue weighted by Crippen LogP contribution is 2.32. The van der Waals surface area contributed by atoms with Gasteiger partial charge in [-0.25, -0.2) is 0 Å². The normalized spacial score (nSPS) is 24.2. The monoisotopic (exact) mass is 186 g/mol. The summed E-state index contributed by atoms with van der Waals surface area (Å²) < 4.78 is 10.7. The van der Waals surface area contributed by atoms with E-state index in [1.54, 1.807) is 14.2 Å². The first kappa shape index (κ1) is 9.96. The number of rotatable bonds is 3. The van der Waals surface area contributed by atoms with Crippen LogP contribution in [0.5, 0.6) is 0 Å². The molecular formula is C9H18O2Si. The topological polar surface area (TPSA) is 18.5 Å². The first-order chi connectivity index (χ1) is 5.70. The van der Waals surface area contributed by atoms with E-state index < -0.39 is 9.28 Å². The van der Waals surface area contributed by atoms with Gasteiger partial charge in [-0.3, -0.25) is 0 Å². The maximum absolute atomic E-state index is 5.36. The molecule has 0 saturated carbocycles. The smallest absolute Gasteiger partial charge is 0.351 e. The van der Waals surface area contributed by atoms with Gasteiger partial charge >= 0.3 is 9.28 Å². The minimum Gasteiger partial charge on any atom is -0.397 e. The highest BCUT2D eigenvalue weighted by Gasteiger charge is 2.26. The molecule has 70 valence electrons. The SMILES string of the molecule is CO[SiH](OC)C1=C(C)C(C)CC1. The van der Waals surface area contributed by atoms with E-state index in [9.17, 15) is 0 Å². The van der Waals surface area contributed by atoms with Crippen molar-refractivity contribution in [3.8, 4) is 0 Å². The highest BCUT2D eigenvalue weighted by molar-refractivity contribution is 6.53. The summed E-state index contributed by atoms with van der Waals surface area (Å²) in [4.78, 5) is 0. The molecule has 0 aromatic heterocycles. The molecule has 0 aliphatic heterocycles. The van der Waals surface area contributed by atoms with Crippen molar-refractivity contribution < 1.29 is 8.85 Å². The quantitative estimate of drug-likeness (QED) is 0.626. The lowest BCUT2D eigenvalue weighted by atomic mass is 10.1. The molecule has 0 spiro atoms. The molecule has 2 nitrogen and oxygen atoms in total. The Balaban J connectivity index is 2.72. The summed E-state index contributed by atoms with van der Waals surface area (Å²) in [7, 11) is 2.05. The molecule has 1 atom stereocenters. The average Bonchev–Trinajstić information content (AvgIpc) is 2.38. The summed E-state index contributed by atoms with van der Waals surface area (Å²) in [6, 6.07) is 0. The van der Waals surface area contributed by atoms with Crippen molar-refractivity contribution in [1.29, 1.82) is 0 Å².